The Morgan fingerprint density at radius 1 is 0.583 bits per heavy atom. The molecule has 0 heterocycles. The van der Waals surface area contributed by atoms with Crippen LogP contribution in [0.3, 0.4) is 0 Å². The van der Waals surface area contributed by atoms with E-state index in [9.17, 15) is 5.11 Å². The number of phenolic OH excluding ortho intramolecular Hbond substituents is 1. The SMILES string of the molecule is Cc1c(C)c(Cc2ccccc2)c(O)c(Cc2ccccc2)c1C. The first-order valence-electron chi connectivity index (χ1n) is 8.46. The molecular formula is C23H24O. The van der Waals surface area contributed by atoms with Crippen molar-refractivity contribution in [3.63, 3.8) is 0 Å². The van der Waals surface area contributed by atoms with Gasteiger partial charge in [-0.25, -0.2) is 0 Å². The second-order valence-electron chi connectivity index (χ2n) is 6.51. The molecule has 1 N–H and O–H groups in total. The summed E-state index contributed by atoms with van der Waals surface area (Å²) >= 11 is 0. The van der Waals surface area contributed by atoms with Crippen molar-refractivity contribution in [2.24, 2.45) is 0 Å². The molecule has 0 bridgehead atoms. The van der Waals surface area contributed by atoms with Crippen LogP contribution in [0.1, 0.15) is 38.9 Å². The van der Waals surface area contributed by atoms with Gasteiger partial charge < -0.3 is 5.11 Å². The minimum atomic E-state index is 0.461. The van der Waals surface area contributed by atoms with Crippen LogP contribution >= 0.6 is 0 Å². The normalized spacial score (nSPS) is 10.8. The zero-order valence-electron chi connectivity index (χ0n) is 14.6. The largest absolute Gasteiger partial charge is 0.507 e. The first kappa shape index (κ1) is 16.3. The fourth-order valence-electron chi connectivity index (χ4n) is 3.30. The van der Waals surface area contributed by atoms with Gasteiger partial charge in [0, 0.05) is 24.0 Å². The number of phenols is 1. The van der Waals surface area contributed by atoms with E-state index in [1.54, 1.807) is 0 Å². The predicted octanol–water partition coefficient (Wildman–Crippen LogP) is 5.50. The van der Waals surface area contributed by atoms with Crippen LogP contribution in [-0.4, -0.2) is 5.11 Å². The van der Waals surface area contributed by atoms with Gasteiger partial charge in [-0.2, -0.15) is 0 Å². The Bertz CT molecular complexity index is 764. The Morgan fingerprint density at radius 2 is 0.958 bits per heavy atom. The van der Waals surface area contributed by atoms with Crippen LogP contribution in [0.15, 0.2) is 60.7 Å². The van der Waals surface area contributed by atoms with Crippen LogP contribution < -0.4 is 0 Å². The maximum absolute atomic E-state index is 11.0. The molecule has 1 heteroatoms. The highest BCUT2D eigenvalue weighted by atomic mass is 16.3. The zero-order valence-corrected chi connectivity index (χ0v) is 14.6. The molecule has 24 heavy (non-hydrogen) atoms. The predicted molar refractivity (Wildman–Crippen MR) is 101 cm³/mol. The Kier molecular flexibility index (Phi) is 4.71. The van der Waals surface area contributed by atoms with E-state index in [2.05, 4.69) is 45.0 Å². The molecule has 0 amide bonds. The Labute approximate surface area is 144 Å². The summed E-state index contributed by atoms with van der Waals surface area (Å²) in [5.41, 5.74) is 8.24. The number of rotatable bonds is 4. The summed E-state index contributed by atoms with van der Waals surface area (Å²) in [5, 5.41) is 11.0. The maximum atomic E-state index is 11.0. The zero-order chi connectivity index (χ0) is 17.1. The van der Waals surface area contributed by atoms with E-state index in [4.69, 9.17) is 0 Å². The summed E-state index contributed by atoms with van der Waals surface area (Å²) < 4.78 is 0. The van der Waals surface area contributed by atoms with Crippen molar-refractivity contribution >= 4 is 0 Å². The second kappa shape index (κ2) is 6.92. The molecule has 0 saturated carbocycles. The molecule has 0 radical (unpaired) electrons. The molecule has 0 fully saturated rings. The smallest absolute Gasteiger partial charge is 0.123 e. The van der Waals surface area contributed by atoms with Gasteiger partial charge in [-0.1, -0.05) is 60.7 Å². The summed E-state index contributed by atoms with van der Waals surface area (Å²) in [5.74, 6) is 0.461. The standard InChI is InChI=1S/C23H24O/c1-16-17(2)21(14-19-10-6-4-7-11-19)23(24)22(18(16)3)15-20-12-8-5-9-13-20/h4-13,24H,14-15H2,1-3H3. The third-order valence-electron chi connectivity index (χ3n) is 5.05. The van der Waals surface area contributed by atoms with Crippen LogP contribution in [0.5, 0.6) is 5.75 Å². The molecule has 0 unspecified atom stereocenters. The summed E-state index contributed by atoms with van der Waals surface area (Å²) in [6.07, 6.45) is 1.53. The fraction of sp³-hybridized carbons (Fsp3) is 0.217. The molecule has 1 nitrogen and oxygen atoms in total. The van der Waals surface area contributed by atoms with Gasteiger partial charge in [0.15, 0.2) is 0 Å². The van der Waals surface area contributed by atoms with Gasteiger partial charge in [-0.05, 0) is 48.6 Å². The highest BCUT2D eigenvalue weighted by Gasteiger charge is 2.17. The number of hydrogen-bond acceptors (Lipinski definition) is 1. The van der Waals surface area contributed by atoms with E-state index in [-0.39, 0.29) is 0 Å². The average Bonchev–Trinajstić information content (AvgIpc) is 2.62. The molecular weight excluding hydrogens is 292 g/mol. The van der Waals surface area contributed by atoms with Gasteiger partial charge in [0.1, 0.15) is 5.75 Å². The van der Waals surface area contributed by atoms with Crippen LogP contribution in [0, 0.1) is 20.8 Å². The van der Waals surface area contributed by atoms with Crippen molar-refractivity contribution in [3.05, 3.63) is 99.6 Å². The average molecular weight is 316 g/mol. The quantitative estimate of drug-likeness (QED) is 0.674. The highest BCUT2D eigenvalue weighted by molar-refractivity contribution is 5.56. The van der Waals surface area contributed by atoms with Crippen molar-refractivity contribution in [3.8, 4) is 5.75 Å². The number of benzene rings is 3. The summed E-state index contributed by atoms with van der Waals surface area (Å²) in [7, 11) is 0. The first-order valence-corrected chi connectivity index (χ1v) is 8.46. The number of aromatic hydroxyl groups is 1. The maximum Gasteiger partial charge on any atom is 0.123 e. The molecule has 0 spiro atoms. The lowest BCUT2D eigenvalue weighted by molar-refractivity contribution is 0.462. The topological polar surface area (TPSA) is 20.2 Å². The molecule has 0 atom stereocenters. The summed E-state index contributed by atoms with van der Waals surface area (Å²) in [6, 6.07) is 20.7. The molecule has 3 aromatic rings. The lowest BCUT2D eigenvalue weighted by Crippen LogP contribution is -2.03. The van der Waals surface area contributed by atoms with E-state index < -0.39 is 0 Å². The summed E-state index contributed by atoms with van der Waals surface area (Å²) in [4.78, 5) is 0. The highest BCUT2D eigenvalue weighted by Crippen LogP contribution is 2.35. The van der Waals surface area contributed by atoms with E-state index in [1.807, 2.05) is 36.4 Å². The van der Waals surface area contributed by atoms with Gasteiger partial charge in [0.25, 0.3) is 0 Å². The van der Waals surface area contributed by atoms with Gasteiger partial charge in [0.2, 0.25) is 0 Å². The monoisotopic (exact) mass is 316 g/mol. The van der Waals surface area contributed by atoms with E-state index >= 15 is 0 Å². The van der Waals surface area contributed by atoms with Crippen LogP contribution in [0.4, 0.5) is 0 Å². The lowest BCUT2D eigenvalue weighted by Gasteiger charge is -2.19. The molecule has 0 saturated heterocycles. The molecule has 0 aliphatic carbocycles. The second-order valence-corrected chi connectivity index (χ2v) is 6.51. The minimum Gasteiger partial charge on any atom is -0.507 e. The molecule has 0 aliphatic heterocycles. The van der Waals surface area contributed by atoms with E-state index in [0.29, 0.717) is 5.75 Å². The fourth-order valence-corrected chi connectivity index (χ4v) is 3.30. The van der Waals surface area contributed by atoms with Gasteiger partial charge in [-0.3, -0.25) is 0 Å². The van der Waals surface area contributed by atoms with Gasteiger partial charge >= 0.3 is 0 Å². The lowest BCUT2D eigenvalue weighted by atomic mass is 9.87. The Hall–Kier alpha value is -2.54. The van der Waals surface area contributed by atoms with E-state index in [0.717, 1.165) is 24.0 Å². The van der Waals surface area contributed by atoms with Gasteiger partial charge in [0.05, 0.1) is 0 Å². The van der Waals surface area contributed by atoms with Crippen molar-refractivity contribution in [1.29, 1.82) is 0 Å². The van der Waals surface area contributed by atoms with Crippen molar-refractivity contribution < 1.29 is 5.11 Å². The van der Waals surface area contributed by atoms with Crippen LogP contribution in [-0.2, 0) is 12.8 Å². The number of hydrogen-bond donors (Lipinski definition) is 1. The van der Waals surface area contributed by atoms with Crippen LogP contribution in [0.2, 0.25) is 0 Å². The molecule has 122 valence electrons. The van der Waals surface area contributed by atoms with Crippen molar-refractivity contribution in [1.82, 2.24) is 0 Å². The van der Waals surface area contributed by atoms with Gasteiger partial charge in [-0.15, -0.1) is 0 Å². The molecule has 0 aliphatic rings. The third kappa shape index (κ3) is 3.21. The minimum absolute atomic E-state index is 0.461. The third-order valence-corrected chi connectivity index (χ3v) is 5.05. The Balaban J connectivity index is 2.06. The first-order chi connectivity index (χ1) is 11.6. The van der Waals surface area contributed by atoms with Crippen molar-refractivity contribution in [2.75, 3.05) is 0 Å². The van der Waals surface area contributed by atoms with E-state index in [1.165, 1.54) is 27.8 Å². The Morgan fingerprint density at radius 3 is 1.33 bits per heavy atom. The summed E-state index contributed by atoms with van der Waals surface area (Å²) in [6.45, 7) is 6.40. The molecule has 0 aromatic heterocycles. The van der Waals surface area contributed by atoms with Crippen molar-refractivity contribution in [2.45, 2.75) is 33.6 Å². The molecule has 3 rings (SSSR count). The molecule has 3 aromatic carbocycles. The van der Waals surface area contributed by atoms with Crippen LogP contribution in [0.25, 0.3) is 0 Å².